The van der Waals surface area contributed by atoms with E-state index in [-0.39, 0.29) is 5.92 Å². The quantitative estimate of drug-likeness (QED) is 0.292. The Morgan fingerprint density at radius 3 is 2.43 bits per heavy atom. The molecule has 1 atom stereocenters. The molecule has 0 aliphatic carbocycles. The molecule has 4 rings (SSSR count). The van der Waals surface area contributed by atoms with Crippen LogP contribution in [-0.4, -0.2) is 28.0 Å². The zero-order valence-electron chi connectivity index (χ0n) is 19.9. The SMILES string of the molecule is CC(C)C[C@H](NC(=O)c1ccc(NCc2ccccn2)cc1-c1cccc2ccccc12)C(=O)O. The van der Waals surface area contributed by atoms with Gasteiger partial charge in [0.2, 0.25) is 0 Å². The molecule has 0 radical (unpaired) electrons. The van der Waals surface area contributed by atoms with E-state index < -0.39 is 17.9 Å². The molecule has 0 bridgehead atoms. The van der Waals surface area contributed by atoms with E-state index in [1.54, 1.807) is 12.3 Å². The lowest BCUT2D eigenvalue weighted by Gasteiger charge is -2.19. The average Bonchev–Trinajstić information content (AvgIpc) is 2.87. The van der Waals surface area contributed by atoms with Gasteiger partial charge in [0, 0.05) is 17.4 Å². The number of carboxylic acid groups (broad SMARTS) is 1. The first-order valence-corrected chi connectivity index (χ1v) is 11.7. The standard InChI is InChI=1S/C29H29N3O3/c1-19(2)16-27(29(34)35)32-28(33)25-14-13-21(31-18-22-10-5-6-15-30-22)17-26(25)24-12-7-9-20-8-3-4-11-23(20)24/h3-15,17,19,27,31H,16,18H2,1-2H3,(H,32,33)(H,34,35)/t27-/m0/s1. The molecule has 0 spiro atoms. The number of carboxylic acids is 1. The van der Waals surface area contributed by atoms with E-state index in [9.17, 15) is 14.7 Å². The van der Waals surface area contributed by atoms with Gasteiger partial charge in [0.05, 0.1) is 12.2 Å². The van der Waals surface area contributed by atoms with Crippen LogP contribution in [-0.2, 0) is 11.3 Å². The maximum Gasteiger partial charge on any atom is 0.326 e. The lowest BCUT2D eigenvalue weighted by Crippen LogP contribution is -2.41. The van der Waals surface area contributed by atoms with Crippen LogP contribution in [0.5, 0.6) is 0 Å². The minimum atomic E-state index is -1.03. The molecule has 0 saturated heterocycles. The van der Waals surface area contributed by atoms with Crippen LogP contribution in [0.25, 0.3) is 21.9 Å². The number of carbonyl (C=O) groups excluding carboxylic acids is 1. The smallest absolute Gasteiger partial charge is 0.326 e. The summed E-state index contributed by atoms with van der Waals surface area (Å²) in [6, 6.07) is 24.3. The molecule has 1 aromatic heterocycles. The molecule has 0 aliphatic rings. The number of carbonyl (C=O) groups is 2. The zero-order chi connectivity index (χ0) is 24.8. The molecule has 3 aromatic carbocycles. The van der Waals surface area contributed by atoms with Gasteiger partial charge in [-0.1, -0.05) is 62.4 Å². The highest BCUT2D eigenvalue weighted by atomic mass is 16.4. The van der Waals surface area contributed by atoms with E-state index in [1.807, 2.05) is 86.6 Å². The van der Waals surface area contributed by atoms with Gasteiger partial charge in [0.1, 0.15) is 6.04 Å². The van der Waals surface area contributed by atoms with Crippen molar-refractivity contribution in [2.75, 3.05) is 5.32 Å². The summed E-state index contributed by atoms with van der Waals surface area (Å²) in [6.45, 7) is 4.41. The molecule has 4 aromatic rings. The molecule has 35 heavy (non-hydrogen) atoms. The summed E-state index contributed by atoms with van der Waals surface area (Å²) >= 11 is 0. The fourth-order valence-electron chi connectivity index (χ4n) is 4.16. The summed E-state index contributed by atoms with van der Waals surface area (Å²) in [5.41, 5.74) is 3.82. The molecule has 6 heteroatoms. The number of hydrogen-bond donors (Lipinski definition) is 3. The summed E-state index contributed by atoms with van der Waals surface area (Å²) in [4.78, 5) is 29.5. The predicted molar refractivity (Wildman–Crippen MR) is 139 cm³/mol. The minimum absolute atomic E-state index is 0.132. The van der Waals surface area contributed by atoms with E-state index in [4.69, 9.17) is 0 Å². The van der Waals surface area contributed by atoms with Gasteiger partial charge in [0.25, 0.3) is 5.91 Å². The van der Waals surface area contributed by atoms with Crippen molar-refractivity contribution < 1.29 is 14.7 Å². The van der Waals surface area contributed by atoms with Gasteiger partial charge in [-0.25, -0.2) is 4.79 Å². The monoisotopic (exact) mass is 467 g/mol. The number of fused-ring (bicyclic) bond motifs is 1. The molecule has 6 nitrogen and oxygen atoms in total. The summed E-state index contributed by atoms with van der Waals surface area (Å²) in [5, 5.41) is 17.8. The van der Waals surface area contributed by atoms with Crippen LogP contribution in [0.2, 0.25) is 0 Å². The fraction of sp³-hybridized carbons (Fsp3) is 0.207. The minimum Gasteiger partial charge on any atom is -0.480 e. The number of anilines is 1. The molecule has 0 unspecified atom stereocenters. The highest BCUT2D eigenvalue weighted by Gasteiger charge is 2.24. The van der Waals surface area contributed by atoms with Crippen molar-refractivity contribution >= 4 is 28.3 Å². The molecule has 0 saturated carbocycles. The van der Waals surface area contributed by atoms with E-state index in [2.05, 4.69) is 15.6 Å². The second kappa shape index (κ2) is 10.8. The van der Waals surface area contributed by atoms with Gasteiger partial charge in [-0.3, -0.25) is 9.78 Å². The van der Waals surface area contributed by atoms with Crippen LogP contribution in [0, 0.1) is 5.92 Å². The van der Waals surface area contributed by atoms with Crippen molar-refractivity contribution in [3.8, 4) is 11.1 Å². The first-order valence-electron chi connectivity index (χ1n) is 11.7. The topological polar surface area (TPSA) is 91.3 Å². The van der Waals surface area contributed by atoms with Crippen molar-refractivity contribution in [3.05, 3.63) is 96.3 Å². The van der Waals surface area contributed by atoms with Crippen molar-refractivity contribution in [1.82, 2.24) is 10.3 Å². The number of rotatable bonds is 9. The Morgan fingerprint density at radius 2 is 1.69 bits per heavy atom. The maximum atomic E-state index is 13.4. The average molecular weight is 468 g/mol. The largest absolute Gasteiger partial charge is 0.480 e. The Morgan fingerprint density at radius 1 is 0.914 bits per heavy atom. The van der Waals surface area contributed by atoms with Crippen molar-refractivity contribution in [1.29, 1.82) is 0 Å². The first kappa shape index (κ1) is 24.0. The molecule has 178 valence electrons. The van der Waals surface area contributed by atoms with Crippen LogP contribution >= 0.6 is 0 Å². The van der Waals surface area contributed by atoms with E-state index >= 15 is 0 Å². The zero-order valence-corrected chi connectivity index (χ0v) is 19.9. The third-order valence-corrected chi connectivity index (χ3v) is 5.85. The summed E-state index contributed by atoms with van der Waals surface area (Å²) in [6.07, 6.45) is 2.11. The van der Waals surface area contributed by atoms with Crippen molar-refractivity contribution in [2.45, 2.75) is 32.9 Å². The summed E-state index contributed by atoms with van der Waals surface area (Å²) in [7, 11) is 0. The van der Waals surface area contributed by atoms with Crippen LogP contribution < -0.4 is 10.6 Å². The molecule has 1 amide bonds. The predicted octanol–water partition coefficient (Wildman–Crippen LogP) is 5.74. The Balaban J connectivity index is 1.74. The lowest BCUT2D eigenvalue weighted by atomic mass is 9.93. The Bertz CT molecular complexity index is 1330. The number of benzene rings is 3. The lowest BCUT2D eigenvalue weighted by molar-refractivity contribution is -0.139. The van der Waals surface area contributed by atoms with Crippen LogP contribution in [0.15, 0.2) is 85.1 Å². The summed E-state index contributed by atoms with van der Waals surface area (Å²) < 4.78 is 0. The Hall–Kier alpha value is -4.19. The van der Waals surface area contributed by atoms with Crippen molar-refractivity contribution in [3.63, 3.8) is 0 Å². The van der Waals surface area contributed by atoms with Gasteiger partial charge < -0.3 is 15.7 Å². The number of aliphatic carboxylic acids is 1. The van der Waals surface area contributed by atoms with E-state index in [1.165, 1.54) is 0 Å². The Kier molecular flexibility index (Phi) is 7.41. The van der Waals surface area contributed by atoms with Gasteiger partial charge in [-0.2, -0.15) is 0 Å². The Labute approximate surface area is 205 Å². The fourth-order valence-corrected chi connectivity index (χ4v) is 4.16. The number of hydrogen-bond acceptors (Lipinski definition) is 4. The first-order chi connectivity index (χ1) is 16.9. The third-order valence-electron chi connectivity index (χ3n) is 5.85. The molecule has 0 aliphatic heterocycles. The second-order valence-corrected chi connectivity index (χ2v) is 8.96. The molecule has 1 heterocycles. The van der Waals surface area contributed by atoms with E-state index in [0.717, 1.165) is 33.3 Å². The third kappa shape index (κ3) is 5.84. The maximum absolute atomic E-state index is 13.4. The second-order valence-electron chi connectivity index (χ2n) is 8.96. The van der Waals surface area contributed by atoms with Crippen LogP contribution in [0.3, 0.4) is 0 Å². The van der Waals surface area contributed by atoms with Gasteiger partial charge in [0.15, 0.2) is 0 Å². The highest BCUT2D eigenvalue weighted by molar-refractivity contribution is 6.07. The van der Waals surface area contributed by atoms with Gasteiger partial charge in [-0.05, 0) is 64.6 Å². The van der Waals surface area contributed by atoms with Crippen molar-refractivity contribution in [2.24, 2.45) is 5.92 Å². The normalized spacial score (nSPS) is 11.9. The molecule has 3 N–H and O–H groups in total. The van der Waals surface area contributed by atoms with Crippen LogP contribution in [0.4, 0.5) is 5.69 Å². The van der Waals surface area contributed by atoms with Gasteiger partial charge >= 0.3 is 5.97 Å². The summed E-state index contributed by atoms with van der Waals surface area (Å²) in [5.74, 6) is -1.31. The highest BCUT2D eigenvalue weighted by Crippen LogP contribution is 2.33. The molecule has 0 fully saturated rings. The number of amides is 1. The number of nitrogens with zero attached hydrogens (tertiary/aromatic N) is 1. The van der Waals surface area contributed by atoms with Gasteiger partial charge in [-0.15, -0.1) is 0 Å². The number of pyridine rings is 1. The number of nitrogens with one attached hydrogen (secondary N) is 2. The van der Waals surface area contributed by atoms with E-state index in [0.29, 0.717) is 18.5 Å². The molecular weight excluding hydrogens is 438 g/mol. The molecular formula is C29H29N3O3. The number of aromatic nitrogens is 1. The van der Waals surface area contributed by atoms with Crippen LogP contribution in [0.1, 0.15) is 36.3 Å².